The third-order valence-electron chi connectivity index (χ3n) is 2.74. The van der Waals surface area contributed by atoms with Crippen molar-refractivity contribution in [3.63, 3.8) is 0 Å². The first-order valence-corrected chi connectivity index (χ1v) is 7.31. The van der Waals surface area contributed by atoms with Crippen molar-refractivity contribution in [3.8, 4) is 0 Å². The Bertz CT molecular complexity index is 640. The minimum Gasteiger partial charge on any atom is -0.386 e. The molecule has 0 aliphatic carbocycles. The minimum absolute atomic E-state index is 0.141. The Hall–Kier alpha value is -2.04. The first-order valence-electron chi connectivity index (χ1n) is 6.55. The number of oxime groups is 1. The quantitative estimate of drug-likeness (QED) is 0.646. The lowest BCUT2D eigenvalue weighted by molar-refractivity contribution is -0.125. The second kappa shape index (κ2) is 8.41. The molecule has 0 bridgehead atoms. The summed E-state index contributed by atoms with van der Waals surface area (Å²) < 4.78 is 0. The molecule has 6 heteroatoms. The summed E-state index contributed by atoms with van der Waals surface area (Å²) >= 11 is 11.6. The molecule has 1 N–H and O–H groups in total. The molecule has 0 aromatic heterocycles. The molecule has 0 spiro atoms. The zero-order valence-corrected chi connectivity index (χ0v) is 13.1. The van der Waals surface area contributed by atoms with Crippen LogP contribution in [0, 0.1) is 0 Å². The fraction of sp³-hybridized carbons (Fsp3) is 0.125. The van der Waals surface area contributed by atoms with Crippen LogP contribution >= 0.6 is 23.2 Å². The number of carbonyl (C=O) groups excluding carboxylic acids is 1. The van der Waals surface area contributed by atoms with Crippen molar-refractivity contribution in [2.45, 2.75) is 6.54 Å². The summed E-state index contributed by atoms with van der Waals surface area (Å²) in [5, 5.41) is 7.77. The monoisotopic (exact) mass is 336 g/mol. The number of rotatable bonds is 6. The molecule has 0 saturated carbocycles. The molecule has 1 amide bonds. The maximum atomic E-state index is 11.6. The number of nitrogens with zero attached hydrogens (tertiary/aromatic N) is 1. The Morgan fingerprint density at radius 2 is 1.64 bits per heavy atom. The van der Waals surface area contributed by atoms with Crippen molar-refractivity contribution < 1.29 is 9.63 Å². The Morgan fingerprint density at radius 1 is 1.05 bits per heavy atom. The second-order valence-electron chi connectivity index (χ2n) is 4.46. The zero-order valence-electron chi connectivity index (χ0n) is 11.6. The number of carbonyl (C=O) groups is 1. The van der Waals surface area contributed by atoms with Crippen LogP contribution in [0.1, 0.15) is 11.1 Å². The SMILES string of the molecule is O=C(CO/N=C\c1ccc(Cl)cc1)NCc1ccc(Cl)cc1. The number of nitrogens with one attached hydrogen (secondary N) is 1. The van der Waals surface area contributed by atoms with Crippen molar-refractivity contribution in [1.82, 2.24) is 5.32 Å². The fourth-order valence-electron chi connectivity index (χ4n) is 1.60. The van der Waals surface area contributed by atoms with E-state index in [2.05, 4.69) is 10.5 Å². The van der Waals surface area contributed by atoms with Crippen LogP contribution in [0.25, 0.3) is 0 Å². The summed E-state index contributed by atoms with van der Waals surface area (Å²) in [6.45, 7) is 0.276. The molecule has 2 aromatic rings. The Morgan fingerprint density at radius 3 is 2.27 bits per heavy atom. The predicted molar refractivity (Wildman–Crippen MR) is 88.3 cm³/mol. The molecule has 114 valence electrons. The topological polar surface area (TPSA) is 50.7 Å². The molecule has 2 rings (SSSR count). The summed E-state index contributed by atoms with van der Waals surface area (Å²) in [6, 6.07) is 14.4. The van der Waals surface area contributed by atoms with Crippen LogP contribution in [0.3, 0.4) is 0 Å². The largest absolute Gasteiger partial charge is 0.386 e. The molecular weight excluding hydrogens is 323 g/mol. The summed E-state index contributed by atoms with van der Waals surface area (Å²) in [6.07, 6.45) is 1.52. The van der Waals surface area contributed by atoms with Gasteiger partial charge in [0.25, 0.3) is 5.91 Å². The molecule has 0 fully saturated rings. The standard InChI is InChI=1S/C16H14Cl2N2O2/c17-14-5-1-12(2-6-14)9-19-16(21)11-22-20-10-13-3-7-15(18)8-4-13/h1-8,10H,9,11H2,(H,19,21)/b20-10-. The van der Waals surface area contributed by atoms with E-state index >= 15 is 0 Å². The molecule has 0 atom stereocenters. The van der Waals surface area contributed by atoms with Crippen LogP contribution in [0.4, 0.5) is 0 Å². The molecule has 0 aliphatic heterocycles. The van der Waals surface area contributed by atoms with Crippen LogP contribution in [0.2, 0.25) is 10.0 Å². The summed E-state index contributed by atoms with van der Waals surface area (Å²) in [7, 11) is 0. The van der Waals surface area contributed by atoms with Crippen molar-refractivity contribution in [2.75, 3.05) is 6.61 Å². The van der Waals surface area contributed by atoms with E-state index in [-0.39, 0.29) is 12.5 Å². The lowest BCUT2D eigenvalue weighted by Crippen LogP contribution is -2.26. The molecule has 0 radical (unpaired) electrons. The smallest absolute Gasteiger partial charge is 0.261 e. The van der Waals surface area contributed by atoms with Gasteiger partial charge in [0, 0.05) is 16.6 Å². The van der Waals surface area contributed by atoms with Crippen LogP contribution in [-0.4, -0.2) is 18.7 Å². The molecule has 0 unspecified atom stereocenters. The van der Waals surface area contributed by atoms with E-state index in [4.69, 9.17) is 28.0 Å². The van der Waals surface area contributed by atoms with Gasteiger partial charge in [-0.25, -0.2) is 0 Å². The van der Waals surface area contributed by atoms with Gasteiger partial charge in [-0.2, -0.15) is 0 Å². The van der Waals surface area contributed by atoms with Gasteiger partial charge in [-0.3, -0.25) is 4.79 Å². The summed E-state index contributed by atoms with van der Waals surface area (Å²) in [5.41, 5.74) is 1.80. The van der Waals surface area contributed by atoms with Gasteiger partial charge >= 0.3 is 0 Å². The minimum atomic E-state index is -0.247. The molecule has 22 heavy (non-hydrogen) atoms. The van der Waals surface area contributed by atoms with Crippen molar-refractivity contribution in [3.05, 3.63) is 69.7 Å². The van der Waals surface area contributed by atoms with Crippen LogP contribution < -0.4 is 5.32 Å². The van der Waals surface area contributed by atoms with Crippen molar-refractivity contribution >= 4 is 35.3 Å². The van der Waals surface area contributed by atoms with E-state index in [1.807, 2.05) is 12.1 Å². The van der Waals surface area contributed by atoms with Gasteiger partial charge in [0.05, 0.1) is 6.21 Å². The van der Waals surface area contributed by atoms with Gasteiger partial charge in [0.1, 0.15) is 0 Å². The lowest BCUT2D eigenvalue weighted by Gasteiger charge is -2.04. The molecule has 2 aromatic carbocycles. The normalized spacial score (nSPS) is 10.6. The average molecular weight is 337 g/mol. The van der Waals surface area contributed by atoms with E-state index < -0.39 is 0 Å². The summed E-state index contributed by atoms with van der Waals surface area (Å²) in [5.74, 6) is -0.247. The lowest BCUT2D eigenvalue weighted by atomic mass is 10.2. The van der Waals surface area contributed by atoms with E-state index in [0.717, 1.165) is 11.1 Å². The van der Waals surface area contributed by atoms with Gasteiger partial charge in [-0.15, -0.1) is 0 Å². The first-order chi connectivity index (χ1) is 10.6. The van der Waals surface area contributed by atoms with E-state index in [1.54, 1.807) is 36.4 Å². The van der Waals surface area contributed by atoms with E-state index in [0.29, 0.717) is 16.6 Å². The van der Waals surface area contributed by atoms with E-state index in [1.165, 1.54) is 6.21 Å². The predicted octanol–water partition coefficient (Wildman–Crippen LogP) is 3.66. The molecular formula is C16H14Cl2N2O2. The number of amides is 1. The van der Waals surface area contributed by atoms with E-state index in [9.17, 15) is 4.79 Å². The number of hydrogen-bond acceptors (Lipinski definition) is 3. The van der Waals surface area contributed by atoms with Gasteiger partial charge < -0.3 is 10.2 Å². The number of halogens is 2. The number of benzene rings is 2. The first kappa shape index (κ1) is 16.3. The van der Waals surface area contributed by atoms with Crippen LogP contribution in [0.15, 0.2) is 53.7 Å². The number of hydrogen-bond donors (Lipinski definition) is 1. The van der Waals surface area contributed by atoms with Gasteiger partial charge in [0.2, 0.25) is 0 Å². The van der Waals surface area contributed by atoms with Gasteiger partial charge in [-0.1, -0.05) is 52.6 Å². The molecule has 0 heterocycles. The molecule has 4 nitrogen and oxygen atoms in total. The highest BCUT2D eigenvalue weighted by atomic mass is 35.5. The second-order valence-corrected chi connectivity index (χ2v) is 5.34. The average Bonchev–Trinajstić information content (AvgIpc) is 2.53. The third-order valence-corrected chi connectivity index (χ3v) is 3.25. The molecule has 0 saturated heterocycles. The molecule has 0 aliphatic rings. The third kappa shape index (κ3) is 5.76. The highest BCUT2D eigenvalue weighted by Gasteiger charge is 2.01. The van der Waals surface area contributed by atoms with Crippen molar-refractivity contribution in [2.24, 2.45) is 5.16 Å². The van der Waals surface area contributed by atoms with Crippen molar-refractivity contribution in [1.29, 1.82) is 0 Å². The van der Waals surface area contributed by atoms with Gasteiger partial charge in [0.15, 0.2) is 6.61 Å². The Kier molecular flexibility index (Phi) is 6.25. The summed E-state index contributed by atoms with van der Waals surface area (Å²) in [4.78, 5) is 16.5. The maximum absolute atomic E-state index is 11.6. The Balaban J connectivity index is 1.69. The zero-order chi connectivity index (χ0) is 15.8. The van der Waals surface area contributed by atoms with Gasteiger partial charge in [-0.05, 0) is 35.4 Å². The Labute approximate surface area is 138 Å². The maximum Gasteiger partial charge on any atom is 0.261 e. The highest BCUT2D eigenvalue weighted by molar-refractivity contribution is 6.30. The fourth-order valence-corrected chi connectivity index (χ4v) is 1.85. The van der Waals surface area contributed by atoms with Crippen LogP contribution in [0.5, 0.6) is 0 Å². The van der Waals surface area contributed by atoms with Crippen LogP contribution in [-0.2, 0) is 16.2 Å². The highest BCUT2D eigenvalue weighted by Crippen LogP contribution is 2.09.